The number of rotatable bonds is 13. The molecular weight excluding hydrogens is 562 g/mol. The Morgan fingerprint density at radius 1 is 0.636 bits per heavy atom. The number of nitrogens with two attached hydrogens (primary N) is 3. The highest BCUT2D eigenvalue weighted by Crippen LogP contribution is 2.03. The number of aliphatic carboxylic acids is 2. The molecule has 0 aliphatic heterocycles. The van der Waals surface area contributed by atoms with Gasteiger partial charge in [0.05, 0.1) is 68.5 Å². The normalized spacial score (nSPS) is 10.5. The summed E-state index contributed by atoms with van der Waals surface area (Å²) in [7, 11) is 13.4. The van der Waals surface area contributed by atoms with Crippen molar-refractivity contribution >= 4 is 11.9 Å². The number of carbonyl (C=O) groups is 2. The minimum atomic E-state index is -1.08. The molecule has 0 unspecified atom stereocenters. The van der Waals surface area contributed by atoms with Crippen molar-refractivity contribution in [3.63, 3.8) is 0 Å². The first kappa shape index (κ1) is 51.3. The van der Waals surface area contributed by atoms with E-state index in [9.17, 15) is 5.11 Å². The van der Waals surface area contributed by atoms with Gasteiger partial charge in [-0.25, -0.2) is 0 Å². The van der Waals surface area contributed by atoms with E-state index in [1.807, 2.05) is 6.07 Å². The zero-order valence-electron chi connectivity index (χ0n) is 30.4. The first-order chi connectivity index (χ1) is 20.2. The van der Waals surface area contributed by atoms with E-state index in [4.69, 9.17) is 37.0 Å². The van der Waals surface area contributed by atoms with Crippen LogP contribution in [0.3, 0.4) is 0 Å². The largest absolute Gasteiger partial charge is 0.872 e. The number of benzene rings is 1. The van der Waals surface area contributed by atoms with Gasteiger partial charge >= 0.3 is 0 Å². The fourth-order valence-electron chi connectivity index (χ4n) is 3.25. The van der Waals surface area contributed by atoms with Crippen LogP contribution in [0.5, 0.6) is 5.75 Å². The number of quaternary nitrogens is 3. The summed E-state index contributed by atoms with van der Waals surface area (Å²) >= 11 is 0. The molecule has 0 saturated carbocycles. The molecule has 0 bridgehead atoms. The van der Waals surface area contributed by atoms with Crippen molar-refractivity contribution in [2.45, 2.75) is 41.5 Å². The first-order valence-electron chi connectivity index (χ1n) is 15.5. The Kier molecular flexibility index (Phi) is 37.4. The second-order valence-electron chi connectivity index (χ2n) is 12.1. The average Bonchev–Trinajstić information content (AvgIpc) is 2.90. The van der Waals surface area contributed by atoms with Crippen LogP contribution in [0.15, 0.2) is 30.3 Å². The highest BCUT2D eigenvalue weighted by molar-refractivity contribution is 5.60. The monoisotopic (exact) mass is 634 g/mol. The van der Waals surface area contributed by atoms with Gasteiger partial charge in [-0.15, -0.1) is 5.75 Å². The molecule has 1 aromatic carbocycles. The third-order valence-electron chi connectivity index (χ3n) is 6.20. The molecule has 12 heteroatoms. The molecule has 0 aromatic heterocycles. The van der Waals surface area contributed by atoms with E-state index in [0.717, 1.165) is 42.4 Å². The summed E-state index contributed by atoms with van der Waals surface area (Å²) < 4.78 is 3.41. The number of hydrogen-bond donors (Lipinski definition) is 3. The zero-order valence-corrected chi connectivity index (χ0v) is 30.4. The predicted molar refractivity (Wildman–Crippen MR) is 179 cm³/mol. The van der Waals surface area contributed by atoms with Crippen LogP contribution < -0.4 is 32.5 Å². The van der Waals surface area contributed by atoms with Gasteiger partial charge < -0.3 is 55.6 Å². The summed E-state index contributed by atoms with van der Waals surface area (Å²) in [6.07, 6.45) is 0. The van der Waals surface area contributed by atoms with Gasteiger partial charge in [0.1, 0.15) is 13.1 Å². The molecule has 264 valence electrons. The van der Waals surface area contributed by atoms with E-state index in [1.54, 1.807) is 12.1 Å². The van der Waals surface area contributed by atoms with Crippen molar-refractivity contribution in [3.05, 3.63) is 30.3 Å². The van der Waals surface area contributed by atoms with Gasteiger partial charge in [0, 0.05) is 51.2 Å². The maximum Gasteiger partial charge on any atom is 0.128 e. The fraction of sp³-hybridized carbons (Fsp3) is 0.750. The van der Waals surface area contributed by atoms with E-state index in [-0.39, 0.29) is 5.75 Å². The molecule has 0 fully saturated rings. The minimum absolute atomic E-state index is 0.0718. The number of nitrogens with zero attached hydrogens (tertiary/aromatic N) is 4. The molecule has 0 aliphatic carbocycles. The Bertz CT molecular complexity index is 686. The number of para-hydroxylation sites is 1. The lowest BCUT2D eigenvalue weighted by Gasteiger charge is -2.34. The molecule has 0 atom stereocenters. The lowest BCUT2D eigenvalue weighted by Crippen LogP contribution is -2.47. The Hall–Kier alpha value is -2.32. The summed E-state index contributed by atoms with van der Waals surface area (Å²) in [5, 5.41) is 28.0. The molecule has 0 heterocycles. The molecule has 44 heavy (non-hydrogen) atoms. The van der Waals surface area contributed by atoms with Crippen LogP contribution in [-0.4, -0.2) is 151 Å². The Morgan fingerprint density at radius 2 is 0.886 bits per heavy atom. The van der Waals surface area contributed by atoms with Crippen molar-refractivity contribution in [1.82, 2.24) is 4.90 Å². The highest BCUT2D eigenvalue weighted by atomic mass is 16.4. The number of carboxylic acids is 2. The van der Waals surface area contributed by atoms with Gasteiger partial charge in [0.25, 0.3) is 0 Å². The summed E-state index contributed by atoms with van der Waals surface area (Å²) in [6, 6.07) is 8.33. The predicted octanol–water partition coefficient (Wildman–Crippen LogP) is -1.28. The van der Waals surface area contributed by atoms with Crippen LogP contribution in [0.2, 0.25) is 0 Å². The van der Waals surface area contributed by atoms with Gasteiger partial charge in [-0.3, -0.25) is 4.90 Å². The van der Waals surface area contributed by atoms with Crippen molar-refractivity contribution in [1.29, 1.82) is 0 Å². The van der Waals surface area contributed by atoms with Gasteiger partial charge in [0.2, 0.25) is 0 Å². The summed E-state index contributed by atoms with van der Waals surface area (Å²) in [4.78, 5) is 19.9. The Balaban J connectivity index is -0.000000143. The Labute approximate surface area is 270 Å². The average molecular weight is 634 g/mol. The van der Waals surface area contributed by atoms with Crippen molar-refractivity contribution in [2.24, 2.45) is 17.2 Å². The Morgan fingerprint density at radius 3 is 1.00 bits per heavy atom. The van der Waals surface area contributed by atoms with Gasteiger partial charge in [-0.05, 0) is 41.5 Å². The van der Waals surface area contributed by atoms with Crippen molar-refractivity contribution in [2.75, 3.05) is 121 Å². The van der Waals surface area contributed by atoms with Gasteiger partial charge in [-0.2, -0.15) is 0 Å². The number of hydrogen-bond acceptors (Lipinski definition) is 9. The van der Waals surface area contributed by atoms with E-state index in [2.05, 4.69) is 74.9 Å². The van der Waals surface area contributed by atoms with Crippen LogP contribution >= 0.6 is 0 Å². The molecule has 0 spiro atoms. The first-order valence-corrected chi connectivity index (χ1v) is 15.5. The fourth-order valence-corrected chi connectivity index (χ4v) is 3.25. The SMILES string of the molecule is CC(=O)[O-].CC(=O)[O-].CC[N+](CC)(CC)CC.C[N+](C)(C)CC[N+](C)(C)C.NCCN(CCN)CCN.[O-]c1ccccc1. The van der Waals surface area contributed by atoms with Crippen LogP contribution in [-0.2, 0) is 9.59 Å². The summed E-state index contributed by atoms with van der Waals surface area (Å²) in [5.74, 6) is -2.09. The number of carbonyl (C=O) groups excluding carboxylic acids is 2. The van der Waals surface area contributed by atoms with Gasteiger partial charge in [0.15, 0.2) is 0 Å². The van der Waals surface area contributed by atoms with Crippen LogP contribution in [0.25, 0.3) is 0 Å². The van der Waals surface area contributed by atoms with Crippen LogP contribution in [0.4, 0.5) is 0 Å². The van der Waals surface area contributed by atoms with Crippen LogP contribution in [0.1, 0.15) is 41.5 Å². The number of likely N-dealkylation sites (N-methyl/N-ethyl adjacent to an activating group) is 2. The quantitative estimate of drug-likeness (QED) is 0.223. The minimum Gasteiger partial charge on any atom is -0.872 e. The second kappa shape index (κ2) is 32.1. The number of carboxylic acid groups (broad SMARTS) is 2. The lowest BCUT2D eigenvalue weighted by molar-refractivity contribution is -0.927. The molecule has 0 aliphatic rings. The second-order valence-corrected chi connectivity index (χ2v) is 12.1. The topological polar surface area (TPSA) is 185 Å². The molecule has 0 radical (unpaired) electrons. The summed E-state index contributed by atoms with van der Waals surface area (Å²) in [5.41, 5.74) is 16.1. The molecule has 1 aromatic rings. The molecule has 0 saturated heterocycles. The van der Waals surface area contributed by atoms with Crippen molar-refractivity contribution in [3.8, 4) is 5.75 Å². The molecule has 0 amide bonds. The zero-order chi connectivity index (χ0) is 35.8. The smallest absolute Gasteiger partial charge is 0.128 e. The maximum absolute atomic E-state index is 10.3. The standard InChI is InChI=1S/C8H22N2.C8H20N.C6H18N4.C6H6O.2C2H4O2/c1-9(2,3)7-8-10(4,5)6;1-5-9(6-2,7-3)8-4;7-1-4-10(5-2-8)6-3-9;7-6-4-2-1-3-5-6;2*1-2(3)4/h7-8H2,1-6H3;5-8H2,1-4H3;1-9H2;1-5,7H;2*1H3,(H,3,4)/q+2;+1;;;;/p-3. The lowest BCUT2D eigenvalue weighted by atomic mass is 10.3. The molecule has 1 rings (SSSR count). The summed E-state index contributed by atoms with van der Waals surface area (Å²) in [6.45, 7) is 23.4. The van der Waals surface area contributed by atoms with Crippen LogP contribution in [0, 0.1) is 0 Å². The maximum atomic E-state index is 10.3. The van der Waals surface area contributed by atoms with E-state index < -0.39 is 11.9 Å². The van der Waals surface area contributed by atoms with E-state index in [1.165, 1.54) is 55.9 Å². The third kappa shape index (κ3) is 52.3. The van der Waals surface area contributed by atoms with E-state index >= 15 is 0 Å². The third-order valence-corrected chi connectivity index (χ3v) is 6.20. The van der Waals surface area contributed by atoms with Crippen molar-refractivity contribution < 1.29 is 38.4 Å². The van der Waals surface area contributed by atoms with E-state index in [0.29, 0.717) is 19.6 Å². The molecular formula is C32H71N7O5. The molecule has 12 nitrogen and oxygen atoms in total. The van der Waals surface area contributed by atoms with Gasteiger partial charge in [-0.1, -0.05) is 30.3 Å². The highest BCUT2D eigenvalue weighted by Gasteiger charge is 2.16. The molecule has 6 N–H and O–H groups in total.